The minimum absolute atomic E-state index is 0.0578. The van der Waals surface area contributed by atoms with Crippen molar-refractivity contribution >= 4 is 16.8 Å². The zero-order chi connectivity index (χ0) is 18.6. The zero-order valence-corrected chi connectivity index (χ0v) is 15.1. The molecule has 0 fully saturated rings. The number of nitrogens with zero attached hydrogens (tertiary/aromatic N) is 1. The molecule has 0 radical (unpaired) electrons. The van der Waals surface area contributed by atoms with E-state index < -0.39 is 0 Å². The molecule has 0 bridgehead atoms. The van der Waals surface area contributed by atoms with Gasteiger partial charge in [0.15, 0.2) is 0 Å². The molecule has 4 heteroatoms. The Labute approximate surface area is 158 Å². The second-order valence-electron chi connectivity index (χ2n) is 6.70. The number of aryl methyl sites for hydroxylation is 1. The van der Waals surface area contributed by atoms with E-state index in [0.717, 1.165) is 5.52 Å². The average molecular weight is 355 g/mol. The van der Waals surface area contributed by atoms with Gasteiger partial charge in [-0.05, 0) is 36.2 Å². The van der Waals surface area contributed by atoms with Crippen LogP contribution in [0.1, 0.15) is 33.0 Å². The van der Waals surface area contributed by atoms with Crippen LogP contribution in [-0.4, -0.2) is 22.4 Å². The molecule has 1 amide bonds. The molecule has 27 heavy (non-hydrogen) atoms. The summed E-state index contributed by atoms with van der Waals surface area (Å²) in [6, 6.07) is 20.3. The minimum atomic E-state index is -0.111. The van der Waals surface area contributed by atoms with Crippen LogP contribution in [0.2, 0.25) is 0 Å². The molecule has 2 aromatic carbocycles. The van der Waals surface area contributed by atoms with Crippen LogP contribution >= 0.6 is 0 Å². The summed E-state index contributed by atoms with van der Waals surface area (Å²) in [6.45, 7) is 2.59. The number of pyridine rings is 1. The van der Waals surface area contributed by atoms with E-state index in [9.17, 15) is 4.79 Å². The number of fused-ring (bicyclic) bond motifs is 1. The number of hydrogen-bond donors (Lipinski definition) is 2. The Hall–Kier alpha value is -3.40. The van der Waals surface area contributed by atoms with Gasteiger partial charge in [-0.15, -0.1) is 0 Å². The minimum Gasteiger partial charge on any atom is -0.361 e. The largest absolute Gasteiger partial charge is 0.361 e. The Morgan fingerprint density at radius 2 is 1.89 bits per heavy atom. The number of para-hydroxylation sites is 1. The lowest BCUT2D eigenvalue weighted by molar-refractivity contribution is 0.0952. The second kappa shape index (κ2) is 7.46. The van der Waals surface area contributed by atoms with Crippen LogP contribution < -0.4 is 5.32 Å². The maximum absolute atomic E-state index is 12.5. The zero-order valence-electron chi connectivity index (χ0n) is 15.1. The first kappa shape index (κ1) is 17.0. The molecule has 0 spiro atoms. The summed E-state index contributed by atoms with van der Waals surface area (Å²) in [4.78, 5) is 19.9. The first-order chi connectivity index (χ1) is 13.2. The number of H-pyrrole nitrogens is 1. The van der Waals surface area contributed by atoms with E-state index >= 15 is 0 Å². The van der Waals surface area contributed by atoms with Crippen molar-refractivity contribution in [2.45, 2.75) is 12.8 Å². The number of aromatic amines is 1. The summed E-state index contributed by atoms with van der Waals surface area (Å²) in [5.41, 5.74) is 5.25. The third-order valence-electron chi connectivity index (χ3n) is 4.87. The molecule has 4 aromatic rings. The molecule has 0 aliphatic carbocycles. The van der Waals surface area contributed by atoms with E-state index in [4.69, 9.17) is 0 Å². The van der Waals surface area contributed by atoms with E-state index in [2.05, 4.69) is 58.6 Å². The van der Waals surface area contributed by atoms with E-state index in [1.165, 1.54) is 22.1 Å². The van der Waals surface area contributed by atoms with Gasteiger partial charge in [0, 0.05) is 42.0 Å². The van der Waals surface area contributed by atoms with Gasteiger partial charge in [0.05, 0.1) is 5.56 Å². The van der Waals surface area contributed by atoms with Crippen molar-refractivity contribution in [2.75, 3.05) is 6.54 Å². The molecule has 134 valence electrons. The topological polar surface area (TPSA) is 57.8 Å². The van der Waals surface area contributed by atoms with Gasteiger partial charge in [0.1, 0.15) is 0 Å². The molecule has 2 N–H and O–H groups in total. The number of carbonyl (C=O) groups is 1. The summed E-state index contributed by atoms with van der Waals surface area (Å²) in [5, 5.41) is 4.25. The highest BCUT2D eigenvalue weighted by atomic mass is 16.1. The molecule has 0 saturated heterocycles. The number of amides is 1. The molecule has 1 atom stereocenters. The molecule has 0 aliphatic rings. The highest BCUT2D eigenvalue weighted by Gasteiger charge is 2.19. The normalized spacial score (nSPS) is 12.0. The van der Waals surface area contributed by atoms with Gasteiger partial charge in [0.2, 0.25) is 0 Å². The quantitative estimate of drug-likeness (QED) is 0.556. The molecule has 0 aliphatic heterocycles. The van der Waals surface area contributed by atoms with E-state index in [1.54, 1.807) is 24.5 Å². The van der Waals surface area contributed by atoms with Crippen molar-refractivity contribution < 1.29 is 4.79 Å². The number of benzene rings is 2. The number of nitrogens with one attached hydrogen (secondary N) is 2. The standard InChI is InChI=1S/C23H21N3O/c1-16-8-10-17(11-9-16)20(14-26-23(27)18-5-4-12-24-13-18)21-15-25-22-7-3-2-6-19(21)22/h2-13,15,20,25H,14H2,1H3,(H,26,27). The van der Waals surface area contributed by atoms with Gasteiger partial charge in [-0.1, -0.05) is 48.0 Å². The van der Waals surface area contributed by atoms with Crippen LogP contribution in [0.5, 0.6) is 0 Å². The average Bonchev–Trinajstić information content (AvgIpc) is 3.14. The molecule has 0 saturated carbocycles. The van der Waals surface area contributed by atoms with Crippen molar-refractivity contribution in [1.29, 1.82) is 0 Å². The predicted octanol–water partition coefficient (Wildman–Crippen LogP) is 4.43. The fraction of sp³-hybridized carbons (Fsp3) is 0.130. The summed E-state index contributed by atoms with van der Waals surface area (Å²) in [6.07, 6.45) is 5.30. The van der Waals surface area contributed by atoms with Crippen molar-refractivity contribution in [3.8, 4) is 0 Å². The van der Waals surface area contributed by atoms with Gasteiger partial charge in [0.25, 0.3) is 5.91 Å². The predicted molar refractivity (Wildman–Crippen MR) is 108 cm³/mol. The van der Waals surface area contributed by atoms with Crippen molar-refractivity contribution in [3.63, 3.8) is 0 Å². The smallest absolute Gasteiger partial charge is 0.252 e. The first-order valence-electron chi connectivity index (χ1n) is 9.03. The Kier molecular flexibility index (Phi) is 4.71. The van der Waals surface area contributed by atoms with Crippen LogP contribution in [0.15, 0.2) is 79.3 Å². The van der Waals surface area contributed by atoms with Gasteiger partial charge >= 0.3 is 0 Å². The second-order valence-corrected chi connectivity index (χ2v) is 6.70. The Balaban J connectivity index is 1.66. The van der Waals surface area contributed by atoms with E-state index in [1.807, 2.05) is 18.3 Å². The van der Waals surface area contributed by atoms with Crippen molar-refractivity contribution in [1.82, 2.24) is 15.3 Å². The maximum Gasteiger partial charge on any atom is 0.252 e. The molecular weight excluding hydrogens is 334 g/mol. The van der Waals surface area contributed by atoms with Crippen molar-refractivity contribution in [3.05, 3.63) is 102 Å². The summed E-state index contributed by atoms with van der Waals surface area (Å²) in [7, 11) is 0. The van der Waals surface area contributed by atoms with Crippen LogP contribution in [0.3, 0.4) is 0 Å². The van der Waals surface area contributed by atoms with Crippen LogP contribution in [0, 0.1) is 6.92 Å². The van der Waals surface area contributed by atoms with Crippen LogP contribution in [-0.2, 0) is 0 Å². The highest BCUT2D eigenvalue weighted by molar-refractivity contribution is 5.94. The maximum atomic E-state index is 12.5. The monoisotopic (exact) mass is 355 g/mol. The lowest BCUT2D eigenvalue weighted by Gasteiger charge is -2.18. The van der Waals surface area contributed by atoms with E-state index in [-0.39, 0.29) is 11.8 Å². The Morgan fingerprint density at radius 3 is 2.67 bits per heavy atom. The van der Waals surface area contributed by atoms with Gasteiger partial charge in [-0.3, -0.25) is 9.78 Å². The first-order valence-corrected chi connectivity index (χ1v) is 9.03. The third kappa shape index (κ3) is 3.60. The summed E-state index contributed by atoms with van der Waals surface area (Å²) >= 11 is 0. The number of carbonyl (C=O) groups excluding carboxylic acids is 1. The van der Waals surface area contributed by atoms with Gasteiger partial charge < -0.3 is 10.3 Å². The SMILES string of the molecule is Cc1ccc(C(CNC(=O)c2cccnc2)c2c[nH]c3ccccc23)cc1. The lowest BCUT2D eigenvalue weighted by atomic mass is 9.90. The molecule has 2 heterocycles. The van der Waals surface area contributed by atoms with E-state index in [0.29, 0.717) is 12.1 Å². The fourth-order valence-electron chi connectivity index (χ4n) is 3.38. The summed E-state index contributed by atoms with van der Waals surface area (Å²) in [5.74, 6) is -0.0533. The fourth-order valence-corrected chi connectivity index (χ4v) is 3.38. The molecule has 2 aromatic heterocycles. The van der Waals surface area contributed by atoms with Gasteiger partial charge in [-0.2, -0.15) is 0 Å². The van der Waals surface area contributed by atoms with Gasteiger partial charge in [-0.25, -0.2) is 0 Å². The summed E-state index contributed by atoms with van der Waals surface area (Å²) < 4.78 is 0. The molecule has 4 nitrogen and oxygen atoms in total. The Bertz CT molecular complexity index is 1050. The van der Waals surface area contributed by atoms with Crippen molar-refractivity contribution in [2.24, 2.45) is 0 Å². The van der Waals surface area contributed by atoms with Crippen LogP contribution in [0.4, 0.5) is 0 Å². The lowest BCUT2D eigenvalue weighted by Crippen LogP contribution is -2.29. The Morgan fingerprint density at radius 1 is 1.07 bits per heavy atom. The highest BCUT2D eigenvalue weighted by Crippen LogP contribution is 2.30. The third-order valence-corrected chi connectivity index (χ3v) is 4.87. The van der Waals surface area contributed by atoms with Crippen LogP contribution in [0.25, 0.3) is 10.9 Å². The number of rotatable bonds is 5. The molecule has 1 unspecified atom stereocenters. The number of hydrogen-bond acceptors (Lipinski definition) is 2. The number of aromatic nitrogens is 2. The molecular formula is C23H21N3O. The molecule has 4 rings (SSSR count).